The maximum Gasteiger partial charge on any atom is 0.416 e. The number of Topliss-reactive ketones (excluding diaryl/α,β-unsaturated/α-hetero) is 1. The van der Waals surface area contributed by atoms with Gasteiger partial charge in [0.05, 0.1) is 11.1 Å². The second-order valence-corrected chi connectivity index (χ2v) is 4.51. The SMILES string of the molecule is Cc1cc(C(F)(F)F)ccc1C(=O)C1(N)CC1. The van der Waals surface area contributed by atoms with Crippen molar-refractivity contribution in [3.05, 3.63) is 34.9 Å². The monoisotopic (exact) mass is 243 g/mol. The molecule has 0 bridgehead atoms. The number of carbonyl (C=O) groups excluding carboxylic acids is 1. The van der Waals surface area contributed by atoms with Gasteiger partial charge in [0.15, 0.2) is 5.78 Å². The van der Waals surface area contributed by atoms with E-state index >= 15 is 0 Å². The molecule has 1 aliphatic carbocycles. The standard InChI is InChI=1S/C12H12F3NO/c1-7-6-8(12(13,14)15)2-3-9(7)10(17)11(16)4-5-11/h2-3,6H,4-5,16H2,1H3. The number of ketones is 1. The maximum atomic E-state index is 12.4. The smallest absolute Gasteiger partial charge is 0.319 e. The Morgan fingerprint density at radius 1 is 1.35 bits per heavy atom. The fourth-order valence-corrected chi connectivity index (χ4v) is 1.72. The molecule has 0 aliphatic heterocycles. The zero-order valence-corrected chi connectivity index (χ0v) is 9.27. The van der Waals surface area contributed by atoms with Gasteiger partial charge in [-0.3, -0.25) is 4.79 Å². The van der Waals surface area contributed by atoms with Crippen LogP contribution in [0.3, 0.4) is 0 Å². The highest BCUT2D eigenvalue weighted by atomic mass is 19.4. The average Bonchev–Trinajstić information content (AvgIpc) is 2.95. The van der Waals surface area contributed by atoms with Crippen LogP contribution >= 0.6 is 0 Å². The molecule has 92 valence electrons. The van der Waals surface area contributed by atoms with Crippen LogP contribution in [0.2, 0.25) is 0 Å². The summed E-state index contributed by atoms with van der Waals surface area (Å²) in [4.78, 5) is 11.9. The average molecular weight is 243 g/mol. The topological polar surface area (TPSA) is 43.1 Å². The van der Waals surface area contributed by atoms with Gasteiger partial charge in [-0.25, -0.2) is 0 Å². The van der Waals surface area contributed by atoms with Gasteiger partial charge in [-0.2, -0.15) is 13.2 Å². The Hall–Kier alpha value is -1.36. The third-order valence-electron chi connectivity index (χ3n) is 3.04. The molecule has 1 aliphatic rings. The van der Waals surface area contributed by atoms with E-state index in [-0.39, 0.29) is 11.3 Å². The minimum Gasteiger partial charge on any atom is -0.319 e. The van der Waals surface area contributed by atoms with Gasteiger partial charge >= 0.3 is 6.18 Å². The molecule has 0 aromatic heterocycles. The van der Waals surface area contributed by atoms with Crippen molar-refractivity contribution in [3.63, 3.8) is 0 Å². The summed E-state index contributed by atoms with van der Waals surface area (Å²) in [5.74, 6) is -0.260. The molecule has 2 N–H and O–H groups in total. The van der Waals surface area contributed by atoms with E-state index in [1.165, 1.54) is 13.0 Å². The van der Waals surface area contributed by atoms with Crippen LogP contribution in [-0.4, -0.2) is 11.3 Å². The number of benzene rings is 1. The van der Waals surface area contributed by atoms with Crippen LogP contribution in [-0.2, 0) is 6.18 Å². The van der Waals surface area contributed by atoms with E-state index in [0.29, 0.717) is 18.4 Å². The van der Waals surface area contributed by atoms with Crippen LogP contribution in [0.1, 0.15) is 34.3 Å². The van der Waals surface area contributed by atoms with Gasteiger partial charge in [0.1, 0.15) is 0 Å². The van der Waals surface area contributed by atoms with Crippen molar-refractivity contribution in [2.45, 2.75) is 31.5 Å². The molecule has 0 saturated heterocycles. The predicted octanol–water partition coefficient (Wildman–Crippen LogP) is 2.69. The summed E-state index contributed by atoms with van der Waals surface area (Å²) in [5.41, 5.74) is 4.77. The Kier molecular flexibility index (Phi) is 2.54. The van der Waals surface area contributed by atoms with E-state index in [9.17, 15) is 18.0 Å². The third kappa shape index (κ3) is 2.20. The number of halogens is 3. The molecule has 1 saturated carbocycles. The summed E-state index contributed by atoms with van der Waals surface area (Å²) in [6, 6.07) is 3.12. The van der Waals surface area contributed by atoms with Crippen LogP contribution in [0.5, 0.6) is 0 Å². The van der Waals surface area contributed by atoms with Crippen LogP contribution in [0.4, 0.5) is 13.2 Å². The lowest BCUT2D eigenvalue weighted by Gasteiger charge is -2.13. The van der Waals surface area contributed by atoms with Crippen molar-refractivity contribution in [3.8, 4) is 0 Å². The van der Waals surface area contributed by atoms with Crippen molar-refractivity contribution >= 4 is 5.78 Å². The van der Waals surface area contributed by atoms with E-state index in [2.05, 4.69) is 0 Å². The Labute approximate surface area is 96.6 Å². The fourth-order valence-electron chi connectivity index (χ4n) is 1.72. The van der Waals surface area contributed by atoms with Crippen molar-refractivity contribution in [2.75, 3.05) is 0 Å². The minimum absolute atomic E-state index is 0.260. The van der Waals surface area contributed by atoms with Gasteiger partial charge < -0.3 is 5.73 Å². The fraction of sp³-hybridized carbons (Fsp3) is 0.417. The number of rotatable bonds is 2. The molecule has 0 radical (unpaired) electrons. The first kappa shape index (κ1) is 12.1. The molecule has 1 aromatic rings. The normalized spacial score (nSPS) is 17.9. The second kappa shape index (κ2) is 3.57. The molecule has 17 heavy (non-hydrogen) atoms. The largest absolute Gasteiger partial charge is 0.416 e. The molecule has 0 amide bonds. The third-order valence-corrected chi connectivity index (χ3v) is 3.04. The van der Waals surface area contributed by atoms with E-state index in [4.69, 9.17) is 5.73 Å². The van der Waals surface area contributed by atoms with Crippen molar-refractivity contribution in [2.24, 2.45) is 5.73 Å². The van der Waals surface area contributed by atoms with E-state index < -0.39 is 17.3 Å². The number of nitrogens with two attached hydrogens (primary N) is 1. The van der Waals surface area contributed by atoms with Crippen molar-refractivity contribution < 1.29 is 18.0 Å². The van der Waals surface area contributed by atoms with Gasteiger partial charge in [-0.1, -0.05) is 6.07 Å². The van der Waals surface area contributed by atoms with Crippen molar-refractivity contribution in [1.29, 1.82) is 0 Å². The Bertz CT molecular complexity index is 475. The number of hydrogen-bond donors (Lipinski definition) is 1. The number of carbonyl (C=O) groups is 1. The molecule has 0 atom stereocenters. The lowest BCUT2D eigenvalue weighted by atomic mass is 9.96. The molecule has 0 spiro atoms. The number of aryl methyl sites for hydroxylation is 1. The molecule has 0 unspecified atom stereocenters. The molecule has 0 heterocycles. The van der Waals surface area contributed by atoms with Gasteiger partial charge in [0, 0.05) is 5.56 Å². The molecule has 2 rings (SSSR count). The molecule has 2 nitrogen and oxygen atoms in total. The van der Waals surface area contributed by atoms with Crippen LogP contribution in [0.15, 0.2) is 18.2 Å². The Morgan fingerprint density at radius 2 is 1.94 bits per heavy atom. The Morgan fingerprint density at radius 3 is 2.35 bits per heavy atom. The van der Waals surface area contributed by atoms with Gasteiger partial charge in [-0.05, 0) is 37.5 Å². The summed E-state index contributed by atoms with van der Waals surface area (Å²) in [6.45, 7) is 1.49. The summed E-state index contributed by atoms with van der Waals surface area (Å²) in [5, 5.41) is 0. The van der Waals surface area contributed by atoms with Crippen LogP contribution in [0.25, 0.3) is 0 Å². The zero-order chi connectivity index (χ0) is 12.8. The lowest BCUT2D eigenvalue weighted by molar-refractivity contribution is -0.137. The molecule has 5 heteroatoms. The summed E-state index contributed by atoms with van der Waals surface area (Å²) >= 11 is 0. The second-order valence-electron chi connectivity index (χ2n) is 4.51. The molecule has 1 aromatic carbocycles. The molecular formula is C12H12F3NO. The maximum absolute atomic E-state index is 12.4. The van der Waals surface area contributed by atoms with E-state index in [0.717, 1.165) is 12.1 Å². The van der Waals surface area contributed by atoms with E-state index in [1.807, 2.05) is 0 Å². The minimum atomic E-state index is -4.38. The first-order valence-corrected chi connectivity index (χ1v) is 5.25. The highest BCUT2D eigenvalue weighted by Gasteiger charge is 2.46. The zero-order valence-electron chi connectivity index (χ0n) is 9.27. The summed E-state index contributed by atoms with van der Waals surface area (Å²) in [7, 11) is 0. The number of alkyl halides is 3. The Balaban J connectivity index is 2.36. The first-order chi connectivity index (χ1) is 7.74. The van der Waals surface area contributed by atoms with Crippen molar-refractivity contribution in [1.82, 2.24) is 0 Å². The van der Waals surface area contributed by atoms with Gasteiger partial charge in [-0.15, -0.1) is 0 Å². The van der Waals surface area contributed by atoms with Gasteiger partial charge in [0.25, 0.3) is 0 Å². The highest BCUT2D eigenvalue weighted by molar-refractivity contribution is 6.06. The number of hydrogen-bond acceptors (Lipinski definition) is 2. The van der Waals surface area contributed by atoms with Crippen LogP contribution < -0.4 is 5.73 Å². The molecular weight excluding hydrogens is 231 g/mol. The lowest BCUT2D eigenvalue weighted by Crippen LogP contribution is -2.33. The molecule has 1 fully saturated rings. The summed E-state index contributed by atoms with van der Waals surface area (Å²) < 4.78 is 37.3. The van der Waals surface area contributed by atoms with Crippen LogP contribution in [0, 0.1) is 6.92 Å². The first-order valence-electron chi connectivity index (χ1n) is 5.25. The highest BCUT2D eigenvalue weighted by Crippen LogP contribution is 2.37. The predicted molar refractivity (Wildman–Crippen MR) is 56.7 cm³/mol. The summed E-state index contributed by atoms with van der Waals surface area (Å²) in [6.07, 6.45) is -3.18. The quantitative estimate of drug-likeness (QED) is 0.811. The van der Waals surface area contributed by atoms with Gasteiger partial charge in [0.2, 0.25) is 0 Å². The van der Waals surface area contributed by atoms with E-state index in [1.54, 1.807) is 0 Å².